The van der Waals surface area contributed by atoms with Gasteiger partial charge in [-0.15, -0.1) is 11.3 Å². The molecular formula is C38H29NS. The topological polar surface area (TPSA) is 3.24 Å². The Hall–Kier alpha value is -4.66. The molecule has 0 spiro atoms. The van der Waals surface area contributed by atoms with Crippen molar-refractivity contribution >= 4 is 48.6 Å². The number of fused-ring (bicyclic) bond motifs is 3. The minimum absolute atomic E-state index is 1.14. The van der Waals surface area contributed by atoms with E-state index in [-0.39, 0.29) is 0 Å². The molecule has 2 heteroatoms. The van der Waals surface area contributed by atoms with Gasteiger partial charge in [-0.05, 0) is 73.0 Å². The molecule has 0 amide bonds. The van der Waals surface area contributed by atoms with E-state index < -0.39 is 0 Å². The van der Waals surface area contributed by atoms with Crippen LogP contribution in [0.25, 0.3) is 42.4 Å². The van der Waals surface area contributed by atoms with Crippen molar-refractivity contribution in [1.82, 2.24) is 0 Å². The predicted octanol–water partition coefficient (Wildman–Crippen LogP) is 11.5. The third-order valence-corrected chi connectivity index (χ3v) is 8.84. The van der Waals surface area contributed by atoms with Gasteiger partial charge >= 0.3 is 0 Å². The number of thiophene rings is 1. The van der Waals surface area contributed by atoms with Gasteiger partial charge in [0, 0.05) is 42.8 Å². The molecule has 0 N–H and O–H groups in total. The van der Waals surface area contributed by atoms with Crippen LogP contribution in [0.15, 0.2) is 140 Å². The molecule has 40 heavy (non-hydrogen) atoms. The molecule has 0 aliphatic rings. The molecule has 0 fully saturated rings. The Morgan fingerprint density at radius 1 is 0.450 bits per heavy atom. The van der Waals surface area contributed by atoms with Crippen molar-refractivity contribution in [2.45, 2.75) is 13.8 Å². The van der Waals surface area contributed by atoms with Gasteiger partial charge in [-0.1, -0.05) is 108 Å². The van der Waals surface area contributed by atoms with E-state index in [4.69, 9.17) is 0 Å². The lowest BCUT2D eigenvalue weighted by Crippen LogP contribution is -2.10. The minimum Gasteiger partial charge on any atom is -0.310 e. The summed E-state index contributed by atoms with van der Waals surface area (Å²) in [5, 5.41) is 2.65. The fourth-order valence-electron chi connectivity index (χ4n) is 5.56. The molecule has 0 bridgehead atoms. The van der Waals surface area contributed by atoms with E-state index in [9.17, 15) is 0 Å². The quantitative estimate of drug-likeness (QED) is 0.213. The SMILES string of the molecule is Cc1ccc(N(c2ccc(C)cc2)c2ccc(-c3cccc4c3sc3ccccc34)c(-c3ccccc3)c2)cc1. The Kier molecular flexibility index (Phi) is 6.18. The zero-order chi connectivity index (χ0) is 27.1. The third kappa shape index (κ3) is 4.37. The monoisotopic (exact) mass is 531 g/mol. The summed E-state index contributed by atoms with van der Waals surface area (Å²) in [5.74, 6) is 0. The van der Waals surface area contributed by atoms with Gasteiger partial charge in [0.1, 0.15) is 0 Å². The molecule has 0 saturated carbocycles. The average Bonchev–Trinajstić information content (AvgIpc) is 3.39. The maximum Gasteiger partial charge on any atom is 0.0468 e. The van der Waals surface area contributed by atoms with Gasteiger partial charge in [-0.3, -0.25) is 0 Å². The summed E-state index contributed by atoms with van der Waals surface area (Å²) >= 11 is 1.88. The molecule has 1 heterocycles. The van der Waals surface area contributed by atoms with Crippen molar-refractivity contribution in [3.05, 3.63) is 151 Å². The summed E-state index contributed by atoms with van der Waals surface area (Å²) in [6, 6.07) is 50.8. The molecule has 7 rings (SSSR count). The Bertz CT molecular complexity index is 1900. The van der Waals surface area contributed by atoms with Crippen molar-refractivity contribution < 1.29 is 0 Å². The highest BCUT2D eigenvalue weighted by molar-refractivity contribution is 7.26. The zero-order valence-electron chi connectivity index (χ0n) is 22.6. The van der Waals surface area contributed by atoms with E-state index in [1.54, 1.807) is 0 Å². The molecule has 6 aromatic carbocycles. The van der Waals surface area contributed by atoms with Crippen molar-refractivity contribution in [3.8, 4) is 22.3 Å². The Morgan fingerprint density at radius 3 is 1.75 bits per heavy atom. The number of hydrogen-bond donors (Lipinski definition) is 0. The van der Waals surface area contributed by atoms with Crippen molar-refractivity contribution in [3.63, 3.8) is 0 Å². The van der Waals surface area contributed by atoms with Crippen LogP contribution in [-0.2, 0) is 0 Å². The lowest BCUT2D eigenvalue weighted by Gasteiger charge is -2.27. The van der Waals surface area contributed by atoms with E-state index in [1.807, 2.05) is 11.3 Å². The number of nitrogens with zero attached hydrogens (tertiary/aromatic N) is 1. The largest absolute Gasteiger partial charge is 0.310 e. The molecule has 7 aromatic rings. The lowest BCUT2D eigenvalue weighted by molar-refractivity contribution is 1.27. The van der Waals surface area contributed by atoms with Crippen molar-refractivity contribution in [2.75, 3.05) is 4.90 Å². The standard InChI is InChI=1S/C38H29NS/c1-26-15-19-29(20-16-26)39(30-21-17-27(2)18-22-30)31-23-24-32(36(25-31)28-9-4-3-5-10-28)34-12-8-13-35-33-11-6-7-14-37(33)40-38(34)35/h3-25H,1-2H3. The second-order valence-electron chi connectivity index (χ2n) is 10.4. The van der Waals surface area contributed by atoms with E-state index >= 15 is 0 Å². The first-order valence-corrected chi connectivity index (χ1v) is 14.5. The fourth-order valence-corrected chi connectivity index (χ4v) is 6.79. The zero-order valence-corrected chi connectivity index (χ0v) is 23.5. The molecule has 1 aromatic heterocycles. The summed E-state index contributed by atoms with van der Waals surface area (Å²) < 4.78 is 2.66. The highest BCUT2D eigenvalue weighted by Crippen LogP contribution is 2.45. The van der Waals surface area contributed by atoms with E-state index in [1.165, 1.54) is 53.6 Å². The summed E-state index contributed by atoms with van der Waals surface area (Å²) in [7, 11) is 0. The molecular weight excluding hydrogens is 502 g/mol. The van der Waals surface area contributed by atoms with Gasteiger partial charge < -0.3 is 4.90 Å². The van der Waals surface area contributed by atoms with Crippen molar-refractivity contribution in [1.29, 1.82) is 0 Å². The number of anilines is 3. The van der Waals surface area contributed by atoms with Crippen LogP contribution in [0, 0.1) is 13.8 Å². The summed E-state index contributed by atoms with van der Waals surface area (Å²) in [4.78, 5) is 2.36. The minimum atomic E-state index is 1.14. The summed E-state index contributed by atoms with van der Waals surface area (Å²) in [6.07, 6.45) is 0. The molecule has 0 atom stereocenters. The van der Waals surface area contributed by atoms with Gasteiger partial charge in [0.05, 0.1) is 0 Å². The van der Waals surface area contributed by atoms with Gasteiger partial charge in [-0.2, -0.15) is 0 Å². The first-order chi connectivity index (χ1) is 19.7. The van der Waals surface area contributed by atoms with Crippen LogP contribution in [0.2, 0.25) is 0 Å². The van der Waals surface area contributed by atoms with Crippen LogP contribution >= 0.6 is 11.3 Å². The normalized spacial score (nSPS) is 11.2. The number of hydrogen-bond acceptors (Lipinski definition) is 2. The van der Waals surface area contributed by atoms with Gasteiger partial charge in [0.2, 0.25) is 0 Å². The van der Waals surface area contributed by atoms with E-state index in [2.05, 4.69) is 158 Å². The molecule has 0 radical (unpaired) electrons. The van der Waals surface area contributed by atoms with E-state index in [0.717, 1.165) is 17.1 Å². The van der Waals surface area contributed by atoms with Crippen LogP contribution in [0.1, 0.15) is 11.1 Å². The summed E-state index contributed by atoms with van der Waals surface area (Å²) in [6.45, 7) is 4.27. The Balaban J connectivity index is 1.47. The van der Waals surface area contributed by atoms with Crippen LogP contribution in [0.5, 0.6) is 0 Å². The molecule has 0 unspecified atom stereocenters. The van der Waals surface area contributed by atoms with Gasteiger partial charge in [0.25, 0.3) is 0 Å². The molecule has 0 aliphatic carbocycles. The van der Waals surface area contributed by atoms with Crippen LogP contribution in [0.3, 0.4) is 0 Å². The highest BCUT2D eigenvalue weighted by Gasteiger charge is 2.18. The fraction of sp³-hybridized carbons (Fsp3) is 0.0526. The van der Waals surface area contributed by atoms with E-state index in [0.29, 0.717) is 0 Å². The second-order valence-corrected chi connectivity index (χ2v) is 11.4. The van der Waals surface area contributed by atoms with Gasteiger partial charge in [-0.25, -0.2) is 0 Å². The second kappa shape index (κ2) is 10.1. The molecule has 192 valence electrons. The maximum absolute atomic E-state index is 2.36. The van der Waals surface area contributed by atoms with Crippen molar-refractivity contribution in [2.24, 2.45) is 0 Å². The van der Waals surface area contributed by atoms with Gasteiger partial charge in [0.15, 0.2) is 0 Å². The Labute approximate surface area is 239 Å². The first-order valence-electron chi connectivity index (χ1n) is 13.7. The van der Waals surface area contributed by atoms with Crippen LogP contribution in [-0.4, -0.2) is 0 Å². The smallest absolute Gasteiger partial charge is 0.0468 e. The number of aryl methyl sites for hydroxylation is 2. The van der Waals surface area contributed by atoms with Crippen LogP contribution in [0.4, 0.5) is 17.1 Å². The average molecular weight is 532 g/mol. The first kappa shape index (κ1) is 24.4. The maximum atomic E-state index is 2.36. The number of benzene rings is 6. The predicted molar refractivity (Wildman–Crippen MR) is 174 cm³/mol. The lowest BCUT2D eigenvalue weighted by atomic mass is 9.92. The highest BCUT2D eigenvalue weighted by atomic mass is 32.1. The number of rotatable bonds is 5. The molecule has 1 nitrogen and oxygen atoms in total. The third-order valence-electron chi connectivity index (χ3n) is 7.62. The Morgan fingerprint density at radius 2 is 1.05 bits per heavy atom. The summed E-state index contributed by atoms with van der Waals surface area (Å²) in [5.41, 5.74) is 10.9. The molecule has 0 saturated heterocycles. The van der Waals surface area contributed by atoms with Crippen LogP contribution < -0.4 is 4.90 Å². The molecule has 0 aliphatic heterocycles.